The van der Waals surface area contributed by atoms with Crippen molar-refractivity contribution >= 4 is 39.4 Å². The summed E-state index contributed by atoms with van der Waals surface area (Å²) in [7, 11) is 0.785. The highest BCUT2D eigenvalue weighted by atomic mass is 35.5. The first-order valence-electron chi connectivity index (χ1n) is 8.91. The van der Waals surface area contributed by atoms with Gasteiger partial charge in [0.25, 0.3) is 0 Å². The zero-order valence-corrected chi connectivity index (χ0v) is 18.7. The Morgan fingerprint density at radius 2 is 1.73 bits per heavy atom. The van der Waals surface area contributed by atoms with Gasteiger partial charge in [-0.15, -0.1) is 0 Å². The van der Waals surface area contributed by atoms with E-state index in [1.54, 1.807) is 41.2 Å². The molecule has 1 aliphatic heterocycles. The molecule has 0 saturated carbocycles. The molecule has 0 spiro atoms. The average molecular weight is 465 g/mol. The molecule has 1 aliphatic rings. The molecule has 0 aliphatic carbocycles. The number of nitrogens with zero attached hydrogens (tertiary/aromatic N) is 4. The van der Waals surface area contributed by atoms with E-state index in [0.29, 0.717) is 38.4 Å². The van der Waals surface area contributed by atoms with E-state index in [1.807, 2.05) is 12.1 Å². The van der Waals surface area contributed by atoms with E-state index < -0.39 is 15.4 Å². The van der Waals surface area contributed by atoms with Crippen molar-refractivity contribution in [2.75, 3.05) is 21.2 Å². The topological polar surface area (TPSA) is 76.8 Å². The standard InChI is InChI=1S/C20H18Cl2N4O3S/c1-25(2)30(27,28)20-18-15(11-23-20)19(12-4-6-13(21)7-5-12)26(24-18)16-9-8-14(22)10-17(16)29-3/h4-11,20H,1-3H3. The lowest BCUT2D eigenvalue weighted by atomic mass is 10.1. The summed E-state index contributed by atoms with van der Waals surface area (Å²) < 4.78 is 33.9. The molecule has 1 atom stereocenters. The third-order valence-corrected chi connectivity index (χ3v) is 7.22. The predicted molar refractivity (Wildman–Crippen MR) is 119 cm³/mol. The number of rotatable bonds is 5. The molecule has 2 heterocycles. The highest BCUT2D eigenvalue weighted by Gasteiger charge is 2.38. The van der Waals surface area contributed by atoms with Gasteiger partial charge in [-0.3, -0.25) is 4.99 Å². The molecule has 1 unspecified atom stereocenters. The summed E-state index contributed by atoms with van der Waals surface area (Å²) in [4.78, 5) is 4.24. The molecular formula is C20H18Cl2N4O3S. The van der Waals surface area contributed by atoms with Crippen LogP contribution < -0.4 is 4.74 Å². The van der Waals surface area contributed by atoms with Gasteiger partial charge in [0.2, 0.25) is 15.4 Å². The Hall–Kier alpha value is -2.39. The molecule has 0 fully saturated rings. The number of benzene rings is 2. The van der Waals surface area contributed by atoms with Gasteiger partial charge in [0, 0.05) is 47.5 Å². The fourth-order valence-corrected chi connectivity index (χ4v) is 4.63. The van der Waals surface area contributed by atoms with Gasteiger partial charge in [0.15, 0.2) is 0 Å². The van der Waals surface area contributed by atoms with Crippen LogP contribution in [0.3, 0.4) is 0 Å². The maximum absolute atomic E-state index is 12.8. The van der Waals surface area contributed by atoms with Crippen molar-refractivity contribution < 1.29 is 13.2 Å². The van der Waals surface area contributed by atoms with Crippen LogP contribution in [0.4, 0.5) is 0 Å². The summed E-state index contributed by atoms with van der Waals surface area (Å²) in [5, 5.41) is 4.64. The highest BCUT2D eigenvalue weighted by molar-refractivity contribution is 7.89. The van der Waals surface area contributed by atoms with E-state index in [4.69, 9.17) is 27.9 Å². The second-order valence-corrected chi connectivity index (χ2v) is 9.92. The van der Waals surface area contributed by atoms with Gasteiger partial charge >= 0.3 is 0 Å². The van der Waals surface area contributed by atoms with Crippen molar-refractivity contribution in [2.45, 2.75) is 5.37 Å². The van der Waals surface area contributed by atoms with Crippen LogP contribution in [0.25, 0.3) is 16.9 Å². The van der Waals surface area contributed by atoms with E-state index in [0.717, 1.165) is 9.87 Å². The van der Waals surface area contributed by atoms with E-state index in [2.05, 4.69) is 10.1 Å². The Labute approximate surface area is 184 Å². The zero-order valence-electron chi connectivity index (χ0n) is 16.4. The molecule has 156 valence electrons. The molecule has 0 saturated heterocycles. The van der Waals surface area contributed by atoms with Gasteiger partial charge in [-0.25, -0.2) is 17.4 Å². The summed E-state index contributed by atoms with van der Waals surface area (Å²) in [6, 6.07) is 12.4. The number of hydrogen-bond donors (Lipinski definition) is 0. The van der Waals surface area contributed by atoms with Crippen LogP contribution in [0.1, 0.15) is 16.6 Å². The maximum Gasteiger partial charge on any atom is 0.242 e. The minimum absolute atomic E-state index is 0.352. The first kappa shape index (κ1) is 20.9. The monoisotopic (exact) mass is 464 g/mol. The minimum Gasteiger partial charge on any atom is -0.494 e. The summed E-state index contributed by atoms with van der Waals surface area (Å²) in [5.41, 5.74) is 3.09. The Morgan fingerprint density at radius 1 is 1.07 bits per heavy atom. The summed E-state index contributed by atoms with van der Waals surface area (Å²) >= 11 is 12.2. The van der Waals surface area contributed by atoms with E-state index in [-0.39, 0.29) is 0 Å². The Morgan fingerprint density at radius 3 is 2.37 bits per heavy atom. The number of aliphatic imine (C=N–C) groups is 1. The fraction of sp³-hybridized carbons (Fsp3) is 0.200. The number of methoxy groups -OCH3 is 1. The van der Waals surface area contributed by atoms with Crippen molar-refractivity contribution in [3.05, 3.63) is 63.8 Å². The molecule has 0 radical (unpaired) electrons. The van der Waals surface area contributed by atoms with Crippen LogP contribution in [0.15, 0.2) is 47.5 Å². The largest absolute Gasteiger partial charge is 0.494 e. The van der Waals surface area contributed by atoms with Gasteiger partial charge < -0.3 is 4.74 Å². The fourth-order valence-electron chi connectivity index (χ4n) is 3.27. The summed E-state index contributed by atoms with van der Waals surface area (Å²) in [6.45, 7) is 0. The Bertz CT molecular complexity index is 1250. The van der Waals surface area contributed by atoms with E-state index in [9.17, 15) is 8.42 Å². The zero-order chi connectivity index (χ0) is 21.6. The van der Waals surface area contributed by atoms with E-state index >= 15 is 0 Å². The van der Waals surface area contributed by atoms with E-state index in [1.165, 1.54) is 21.2 Å². The molecule has 10 heteroatoms. The smallest absolute Gasteiger partial charge is 0.242 e. The first-order valence-corrected chi connectivity index (χ1v) is 11.2. The van der Waals surface area contributed by atoms with Crippen LogP contribution >= 0.6 is 23.2 Å². The number of halogens is 2. The number of sulfonamides is 1. The highest BCUT2D eigenvalue weighted by Crippen LogP contribution is 2.40. The molecule has 7 nitrogen and oxygen atoms in total. The Balaban J connectivity index is 2.00. The van der Waals surface area contributed by atoms with Crippen molar-refractivity contribution in [1.29, 1.82) is 0 Å². The van der Waals surface area contributed by atoms with Crippen LogP contribution in [0, 0.1) is 0 Å². The van der Waals surface area contributed by atoms with Crippen LogP contribution in [0.5, 0.6) is 5.75 Å². The minimum atomic E-state index is -3.70. The molecule has 3 aromatic rings. The van der Waals surface area contributed by atoms with Gasteiger partial charge in [-0.05, 0) is 24.3 Å². The maximum atomic E-state index is 12.8. The first-order chi connectivity index (χ1) is 14.2. The lowest BCUT2D eigenvalue weighted by Gasteiger charge is -2.15. The van der Waals surface area contributed by atoms with Crippen LogP contribution in [-0.4, -0.2) is 49.9 Å². The molecular weight excluding hydrogens is 447 g/mol. The van der Waals surface area contributed by atoms with Crippen molar-refractivity contribution in [3.63, 3.8) is 0 Å². The van der Waals surface area contributed by atoms with Crippen molar-refractivity contribution in [1.82, 2.24) is 14.1 Å². The van der Waals surface area contributed by atoms with Crippen LogP contribution in [-0.2, 0) is 10.0 Å². The number of aromatic nitrogens is 2. The number of fused-ring (bicyclic) bond motifs is 1. The lowest BCUT2D eigenvalue weighted by Crippen LogP contribution is -2.27. The molecule has 4 rings (SSSR count). The molecule has 0 amide bonds. The molecule has 0 bridgehead atoms. The Kier molecular flexibility index (Phi) is 5.36. The van der Waals surface area contributed by atoms with Gasteiger partial charge in [-0.1, -0.05) is 35.3 Å². The molecule has 2 aromatic carbocycles. The van der Waals surface area contributed by atoms with Gasteiger partial charge in [-0.2, -0.15) is 5.10 Å². The van der Waals surface area contributed by atoms with Gasteiger partial charge in [0.05, 0.1) is 12.8 Å². The summed E-state index contributed by atoms with van der Waals surface area (Å²) in [6.07, 6.45) is 1.55. The predicted octanol–water partition coefficient (Wildman–Crippen LogP) is 4.18. The third kappa shape index (κ3) is 3.39. The van der Waals surface area contributed by atoms with Crippen LogP contribution in [0.2, 0.25) is 10.0 Å². The van der Waals surface area contributed by atoms with Crippen molar-refractivity contribution in [2.24, 2.45) is 4.99 Å². The molecule has 0 N–H and O–H groups in total. The van der Waals surface area contributed by atoms with Crippen molar-refractivity contribution in [3.8, 4) is 22.7 Å². The molecule has 1 aromatic heterocycles. The normalized spacial score (nSPS) is 15.6. The lowest BCUT2D eigenvalue weighted by molar-refractivity contribution is 0.412. The SMILES string of the molecule is COc1cc(Cl)ccc1-n1nc2c(c1-c1ccc(Cl)cc1)C=NC2S(=O)(=O)N(C)C. The molecule has 30 heavy (non-hydrogen) atoms. The quantitative estimate of drug-likeness (QED) is 0.567. The average Bonchev–Trinajstić information content (AvgIpc) is 3.28. The number of ether oxygens (including phenoxy) is 1. The third-order valence-electron chi connectivity index (χ3n) is 4.80. The number of hydrogen-bond acceptors (Lipinski definition) is 5. The second-order valence-electron chi connectivity index (χ2n) is 6.84. The summed E-state index contributed by atoms with van der Waals surface area (Å²) in [5.74, 6) is 0.503. The van der Waals surface area contributed by atoms with Gasteiger partial charge in [0.1, 0.15) is 17.1 Å². The second kappa shape index (κ2) is 7.70.